The normalized spacial score (nSPS) is 18.8. The largest absolute Gasteiger partial charge is 0.478 e. The Labute approximate surface area is 158 Å². The lowest BCUT2D eigenvalue weighted by molar-refractivity contribution is -0.139. The number of aliphatic carboxylic acids is 1. The van der Waals surface area contributed by atoms with Crippen LogP contribution in [-0.4, -0.2) is 33.9 Å². The van der Waals surface area contributed by atoms with Crippen molar-refractivity contribution in [3.63, 3.8) is 0 Å². The fourth-order valence-corrected chi connectivity index (χ4v) is 4.58. The number of carboxylic acid groups (broad SMARTS) is 1. The summed E-state index contributed by atoms with van der Waals surface area (Å²) < 4.78 is 5.19. The highest BCUT2D eigenvalue weighted by molar-refractivity contribution is 7.99. The number of hydrogen-bond acceptors (Lipinski definition) is 5. The minimum Gasteiger partial charge on any atom is -0.478 e. The summed E-state index contributed by atoms with van der Waals surface area (Å²) in [5.74, 6) is -1.98. The summed E-state index contributed by atoms with van der Waals surface area (Å²) in [4.78, 5) is 27.4. The second kappa shape index (κ2) is 8.45. The fourth-order valence-electron chi connectivity index (χ4n) is 3.45. The SMILES string of the molecule is CCOC(=O)C1=C(C)N(C(C)Sc2ccccc2)C(C)=C(C(=O)O)C1C. The first kappa shape index (κ1) is 20.1. The second-order valence-corrected chi connectivity index (χ2v) is 7.54. The van der Waals surface area contributed by atoms with Gasteiger partial charge in [0.2, 0.25) is 0 Å². The highest BCUT2D eigenvalue weighted by atomic mass is 32.2. The van der Waals surface area contributed by atoms with Crippen LogP contribution in [0.4, 0.5) is 0 Å². The summed E-state index contributed by atoms with van der Waals surface area (Å²) in [6.45, 7) is 9.40. The van der Waals surface area contributed by atoms with Crippen LogP contribution in [0.25, 0.3) is 0 Å². The van der Waals surface area contributed by atoms with Gasteiger partial charge in [-0.3, -0.25) is 0 Å². The van der Waals surface area contributed by atoms with Gasteiger partial charge in [-0.1, -0.05) is 25.1 Å². The van der Waals surface area contributed by atoms with Crippen LogP contribution in [0.5, 0.6) is 0 Å². The number of thioether (sulfide) groups is 1. The molecule has 2 unspecified atom stereocenters. The Hall–Kier alpha value is -2.21. The molecular weight excluding hydrogens is 350 g/mol. The minimum atomic E-state index is -1.01. The van der Waals surface area contributed by atoms with Gasteiger partial charge >= 0.3 is 11.9 Å². The molecule has 5 nitrogen and oxygen atoms in total. The maximum atomic E-state index is 12.5. The molecule has 2 atom stereocenters. The van der Waals surface area contributed by atoms with E-state index in [1.165, 1.54) is 0 Å². The van der Waals surface area contributed by atoms with Crippen LogP contribution in [0.1, 0.15) is 34.6 Å². The summed E-state index contributed by atoms with van der Waals surface area (Å²) in [7, 11) is 0. The van der Waals surface area contributed by atoms with Crippen LogP contribution < -0.4 is 0 Å². The van der Waals surface area contributed by atoms with Gasteiger partial charge in [0.1, 0.15) is 0 Å². The molecule has 0 saturated carbocycles. The van der Waals surface area contributed by atoms with Crippen molar-refractivity contribution in [2.75, 3.05) is 6.61 Å². The van der Waals surface area contributed by atoms with E-state index in [1.807, 2.05) is 49.1 Å². The number of nitrogens with zero attached hydrogens (tertiary/aromatic N) is 1. The van der Waals surface area contributed by atoms with Crippen molar-refractivity contribution in [2.24, 2.45) is 5.92 Å². The van der Waals surface area contributed by atoms with Gasteiger partial charge in [0.15, 0.2) is 0 Å². The van der Waals surface area contributed by atoms with E-state index >= 15 is 0 Å². The van der Waals surface area contributed by atoms with E-state index in [-0.39, 0.29) is 17.6 Å². The zero-order chi connectivity index (χ0) is 19.4. The zero-order valence-corrected chi connectivity index (χ0v) is 16.6. The third-order valence-corrected chi connectivity index (χ3v) is 5.60. The van der Waals surface area contributed by atoms with Gasteiger partial charge in [-0.15, -0.1) is 11.8 Å². The van der Waals surface area contributed by atoms with E-state index in [2.05, 4.69) is 0 Å². The van der Waals surface area contributed by atoms with Crippen molar-refractivity contribution in [3.8, 4) is 0 Å². The van der Waals surface area contributed by atoms with E-state index < -0.39 is 17.9 Å². The number of benzene rings is 1. The Morgan fingerprint density at radius 3 is 2.31 bits per heavy atom. The van der Waals surface area contributed by atoms with Gasteiger partial charge in [-0.2, -0.15) is 0 Å². The van der Waals surface area contributed by atoms with Gasteiger partial charge in [-0.25, -0.2) is 9.59 Å². The minimum absolute atomic E-state index is 0.0799. The van der Waals surface area contributed by atoms with Crippen LogP contribution in [0.2, 0.25) is 0 Å². The fraction of sp³-hybridized carbons (Fsp3) is 0.400. The maximum Gasteiger partial charge on any atom is 0.336 e. The molecule has 1 aromatic rings. The summed E-state index contributed by atoms with van der Waals surface area (Å²) in [6.07, 6.45) is 0. The summed E-state index contributed by atoms with van der Waals surface area (Å²) in [5.41, 5.74) is 2.05. The van der Waals surface area contributed by atoms with Gasteiger partial charge < -0.3 is 14.7 Å². The smallest absolute Gasteiger partial charge is 0.336 e. The first-order valence-electron chi connectivity index (χ1n) is 8.62. The lowest BCUT2D eigenvalue weighted by Crippen LogP contribution is -2.38. The molecule has 1 N–H and O–H groups in total. The van der Waals surface area contributed by atoms with Crippen LogP contribution in [0.15, 0.2) is 57.8 Å². The second-order valence-electron chi connectivity index (χ2n) is 6.15. The third-order valence-electron chi connectivity index (χ3n) is 4.51. The molecular formula is C20H25NO4S. The van der Waals surface area contributed by atoms with Crippen LogP contribution >= 0.6 is 11.8 Å². The average Bonchev–Trinajstić information content (AvgIpc) is 2.55. The standard InChI is InChI=1S/C20H25NO4S/c1-6-25-20(24)18-12(2)17(19(22)23)13(3)21(14(18)4)15(5)26-16-10-8-7-9-11-16/h7-12,15H,6H2,1-5H3,(H,22,23). The Morgan fingerprint density at radius 1 is 1.19 bits per heavy atom. The quantitative estimate of drug-likeness (QED) is 0.591. The van der Waals surface area contributed by atoms with Crippen LogP contribution in [-0.2, 0) is 14.3 Å². The number of rotatable bonds is 6. The Kier molecular flexibility index (Phi) is 6.53. The van der Waals surface area contributed by atoms with E-state index in [0.717, 1.165) is 10.6 Å². The zero-order valence-electron chi connectivity index (χ0n) is 15.8. The summed E-state index contributed by atoms with van der Waals surface area (Å²) in [5, 5.41) is 9.64. The number of carboxylic acids is 1. The molecule has 1 heterocycles. The molecule has 140 valence electrons. The number of esters is 1. The van der Waals surface area contributed by atoms with Gasteiger partial charge in [0, 0.05) is 22.2 Å². The molecule has 0 radical (unpaired) electrons. The predicted molar refractivity (Wildman–Crippen MR) is 102 cm³/mol. The molecule has 0 saturated heterocycles. The highest BCUT2D eigenvalue weighted by Crippen LogP contribution is 2.40. The Morgan fingerprint density at radius 2 is 1.77 bits per heavy atom. The Balaban J connectivity index is 2.48. The lowest BCUT2D eigenvalue weighted by Gasteiger charge is -2.39. The Bertz CT molecular complexity index is 754. The van der Waals surface area contributed by atoms with Crippen molar-refractivity contribution in [2.45, 2.75) is 44.9 Å². The van der Waals surface area contributed by atoms with Gasteiger partial charge in [-0.05, 0) is 39.8 Å². The number of ether oxygens (including phenoxy) is 1. The van der Waals surface area contributed by atoms with Gasteiger partial charge in [0.25, 0.3) is 0 Å². The number of allylic oxidation sites excluding steroid dienone is 2. The first-order valence-corrected chi connectivity index (χ1v) is 9.50. The van der Waals surface area contributed by atoms with E-state index in [9.17, 15) is 14.7 Å². The molecule has 2 rings (SSSR count). The molecule has 26 heavy (non-hydrogen) atoms. The van der Waals surface area contributed by atoms with Crippen LogP contribution in [0.3, 0.4) is 0 Å². The molecule has 0 spiro atoms. The lowest BCUT2D eigenvalue weighted by atomic mass is 9.86. The van der Waals surface area contributed by atoms with E-state index in [4.69, 9.17) is 4.74 Å². The van der Waals surface area contributed by atoms with Crippen molar-refractivity contribution < 1.29 is 19.4 Å². The third kappa shape index (κ3) is 3.96. The molecule has 0 aliphatic carbocycles. The number of carbonyl (C=O) groups is 2. The van der Waals surface area contributed by atoms with E-state index in [1.54, 1.807) is 32.5 Å². The summed E-state index contributed by atoms with van der Waals surface area (Å²) in [6, 6.07) is 9.90. The van der Waals surface area contributed by atoms with Gasteiger partial charge in [0.05, 0.1) is 23.1 Å². The number of carbonyl (C=O) groups excluding carboxylic acids is 1. The first-order chi connectivity index (χ1) is 12.3. The molecule has 6 heteroatoms. The molecule has 0 bridgehead atoms. The molecule has 1 aliphatic heterocycles. The molecule has 0 amide bonds. The predicted octanol–water partition coefficient (Wildman–Crippen LogP) is 4.27. The van der Waals surface area contributed by atoms with Crippen molar-refractivity contribution >= 4 is 23.7 Å². The molecule has 0 fully saturated rings. The molecule has 1 aromatic carbocycles. The van der Waals surface area contributed by atoms with Crippen molar-refractivity contribution in [1.82, 2.24) is 4.90 Å². The summed E-state index contributed by atoms with van der Waals surface area (Å²) >= 11 is 1.61. The van der Waals surface area contributed by atoms with Crippen molar-refractivity contribution in [3.05, 3.63) is 52.9 Å². The van der Waals surface area contributed by atoms with E-state index in [0.29, 0.717) is 11.3 Å². The average molecular weight is 375 g/mol. The number of hydrogen-bond donors (Lipinski definition) is 1. The van der Waals surface area contributed by atoms with Crippen molar-refractivity contribution in [1.29, 1.82) is 0 Å². The maximum absolute atomic E-state index is 12.5. The molecule has 1 aliphatic rings. The highest BCUT2D eigenvalue weighted by Gasteiger charge is 2.37. The topological polar surface area (TPSA) is 66.8 Å². The monoisotopic (exact) mass is 375 g/mol. The molecule has 0 aromatic heterocycles. The van der Waals surface area contributed by atoms with Crippen LogP contribution in [0, 0.1) is 5.92 Å².